The largest absolute Gasteiger partial charge is 0.468 e. The van der Waals surface area contributed by atoms with Gasteiger partial charge in [0, 0.05) is 10.9 Å². The predicted molar refractivity (Wildman–Crippen MR) is 89.2 cm³/mol. The van der Waals surface area contributed by atoms with E-state index in [0.717, 1.165) is 18.4 Å². The fourth-order valence-electron chi connectivity index (χ4n) is 2.73. The fraction of sp³-hybridized carbons (Fsp3) is 0.400. The molecule has 1 atom stereocenters. The van der Waals surface area contributed by atoms with Gasteiger partial charge in [0.05, 0.1) is 18.3 Å². The van der Waals surface area contributed by atoms with Gasteiger partial charge >= 0.3 is 0 Å². The molecular formula is C15H17BrFNO4S. The SMILES string of the molecule is O=COCCC1=CCCCC1N(c1ccc(F)cc1Br)[SH](=O)=O. The zero-order valence-electron chi connectivity index (χ0n) is 12.3. The summed E-state index contributed by atoms with van der Waals surface area (Å²) in [6.45, 7) is 0.584. The normalized spacial score (nSPS) is 17.7. The van der Waals surface area contributed by atoms with Crippen molar-refractivity contribution in [3.8, 4) is 0 Å². The second-order valence-corrected chi connectivity index (χ2v) is 6.88. The van der Waals surface area contributed by atoms with Gasteiger partial charge in [-0.05, 0) is 59.0 Å². The topological polar surface area (TPSA) is 63.7 Å². The molecular weight excluding hydrogens is 389 g/mol. The number of halogens is 2. The van der Waals surface area contributed by atoms with E-state index in [1.807, 2.05) is 6.08 Å². The molecule has 0 bridgehead atoms. The van der Waals surface area contributed by atoms with E-state index in [4.69, 9.17) is 4.74 Å². The van der Waals surface area contributed by atoms with E-state index in [1.165, 1.54) is 22.5 Å². The molecule has 0 saturated heterocycles. The Labute approximate surface area is 144 Å². The monoisotopic (exact) mass is 405 g/mol. The summed E-state index contributed by atoms with van der Waals surface area (Å²) in [5.41, 5.74) is 1.31. The third-order valence-corrected chi connectivity index (χ3v) is 5.20. The first-order valence-electron chi connectivity index (χ1n) is 7.17. The van der Waals surface area contributed by atoms with Gasteiger partial charge in [0.15, 0.2) is 0 Å². The van der Waals surface area contributed by atoms with Gasteiger partial charge in [-0.2, -0.15) is 0 Å². The average molecular weight is 406 g/mol. The van der Waals surface area contributed by atoms with E-state index < -0.39 is 16.7 Å². The minimum absolute atomic E-state index is 0.208. The Kier molecular flexibility index (Phi) is 6.59. The number of nitrogens with zero attached hydrogens (tertiary/aromatic N) is 1. The summed E-state index contributed by atoms with van der Waals surface area (Å²) in [4.78, 5) is 10.3. The Bertz CT molecular complexity index is 669. The molecule has 0 amide bonds. The van der Waals surface area contributed by atoms with Crippen LogP contribution in [-0.2, 0) is 20.4 Å². The molecule has 1 aromatic rings. The smallest absolute Gasteiger partial charge is 0.293 e. The van der Waals surface area contributed by atoms with Crippen LogP contribution in [0.2, 0.25) is 0 Å². The standard InChI is InChI=1S/C15H17BrFNO4S/c16-13-9-12(17)5-6-15(13)18(23(20)21)14-4-2-1-3-11(14)7-8-22-10-19/h3,5-6,9-10,14,23H,1-2,4,7-8H2. The summed E-state index contributed by atoms with van der Waals surface area (Å²) in [5.74, 6) is -0.444. The van der Waals surface area contributed by atoms with Crippen LogP contribution >= 0.6 is 15.9 Å². The molecule has 1 aromatic carbocycles. The van der Waals surface area contributed by atoms with Crippen LogP contribution in [0.25, 0.3) is 0 Å². The van der Waals surface area contributed by atoms with Gasteiger partial charge in [-0.3, -0.25) is 9.10 Å². The first-order chi connectivity index (χ1) is 11.0. The molecule has 0 spiro atoms. The van der Waals surface area contributed by atoms with Gasteiger partial charge < -0.3 is 4.74 Å². The highest BCUT2D eigenvalue weighted by molar-refractivity contribution is 9.10. The second kappa shape index (κ2) is 8.44. The van der Waals surface area contributed by atoms with Gasteiger partial charge in [0.25, 0.3) is 6.47 Å². The number of rotatable bonds is 7. The van der Waals surface area contributed by atoms with Crippen LogP contribution in [-0.4, -0.2) is 27.5 Å². The summed E-state index contributed by atoms with van der Waals surface area (Å²) in [7, 11) is -2.90. The molecule has 0 aliphatic heterocycles. The lowest BCUT2D eigenvalue weighted by molar-refractivity contribution is -0.128. The van der Waals surface area contributed by atoms with Gasteiger partial charge in [0.2, 0.25) is 10.9 Å². The lowest BCUT2D eigenvalue weighted by Gasteiger charge is -2.33. The average Bonchev–Trinajstić information content (AvgIpc) is 2.51. The zero-order chi connectivity index (χ0) is 16.8. The quantitative estimate of drug-likeness (QED) is 0.327. The van der Waals surface area contributed by atoms with Crippen LogP contribution in [0, 0.1) is 5.82 Å². The second-order valence-electron chi connectivity index (χ2n) is 5.12. The highest BCUT2D eigenvalue weighted by Crippen LogP contribution is 2.34. The van der Waals surface area contributed by atoms with Crippen LogP contribution in [0.4, 0.5) is 10.1 Å². The Morgan fingerprint density at radius 3 is 2.87 bits per heavy atom. The van der Waals surface area contributed by atoms with Crippen molar-refractivity contribution in [2.75, 3.05) is 10.9 Å². The highest BCUT2D eigenvalue weighted by Gasteiger charge is 2.28. The number of thiol groups is 1. The van der Waals surface area contributed by atoms with Crippen molar-refractivity contribution in [2.45, 2.75) is 31.7 Å². The molecule has 0 radical (unpaired) electrons. The van der Waals surface area contributed by atoms with Crippen LogP contribution in [0.3, 0.4) is 0 Å². The van der Waals surface area contributed by atoms with E-state index in [2.05, 4.69) is 15.9 Å². The first-order valence-corrected chi connectivity index (χ1v) is 9.09. The minimum atomic E-state index is -2.90. The molecule has 1 aliphatic carbocycles. The molecule has 126 valence electrons. The summed E-state index contributed by atoms with van der Waals surface area (Å²) in [6.07, 6.45) is 4.86. The maximum absolute atomic E-state index is 13.3. The maximum atomic E-state index is 13.3. The number of anilines is 1. The number of ether oxygens (including phenoxy) is 1. The fourth-order valence-corrected chi connectivity index (χ4v) is 4.25. The molecule has 23 heavy (non-hydrogen) atoms. The summed E-state index contributed by atoms with van der Waals surface area (Å²) in [6, 6.07) is 3.57. The number of benzene rings is 1. The van der Waals surface area contributed by atoms with Crippen molar-refractivity contribution in [2.24, 2.45) is 0 Å². The third kappa shape index (κ3) is 4.54. The van der Waals surface area contributed by atoms with E-state index in [9.17, 15) is 17.6 Å². The molecule has 0 fully saturated rings. The van der Waals surface area contributed by atoms with E-state index in [1.54, 1.807) is 0 Å². The number of allylic oxidation sites excluding steroid dienone is 1. The molecule has 5 nitrogen and oxygen atoms in total. The maximum Gasteiger partial charge on any atom is 0.293 e. The zero-order valence-corrected chi connectivity index (χ0v) is 14.8. The number of carbonyl (C=O) groups is 1. The van der Waals surface area contributed by atoms with Crippen molar-refractivity contribution in [1.82, 2.24) is 0 Å². The van der Waals surface area contributed by atoms with Gasteiger partial charge in [0.1, 0.15) is 5.82 Å². The summed E-state index contributed by atoms with van der Waals surface area (Å²) in [5, 5.41) is 0. The van der Waals surface area contributed by atoms with Crippen molar-refractivity contribution in [3.63, 3.8) is 0 Å². The van der Waals surface area contributed by atoms with Gasteiger partial charge in [-0.15, -0.1) is 0 Å². The molecule has 0 aromatic heterocycles. The Morgan fingerprint density at radius 1 is 1.43 bits per heavy atom. The Morgan fingerprint density at radius 2 is 2.22 bits per heavy atom. The first kappa shape index (κ1) is 17.9. The molecule has 8 heteroatoms. The predicted octanol–water partition coefficient (Wildman–Crippen LogP) is 2.96. The van der Waals surface area contributed by atoms with Crippen molar-refractivity contribution < 1.29 is 22.3 Å². The van der Waals surface area contributed by atoms with Crippen LogP contribution in [0.1, 0.15) is 25.7 Å². The van der Waals surface area contributed by atoms with Crippen LogP contribution in [0.15, 0.2) is 34.3 Å². The van der Waals surface area contributed by atoms with Gasteiger partial charge in [-0.25, -0.2) is 12.8 Å². The Balaban J connectivity index is 2.33. The molecule has 2 rings (SSSR count). The van der Waals surface area contributed by atoms with Crippen molar-refractivity contribution >= 4 is 39.0 Å². The Hall–Kier alpha value is -1.41. The highest BCUT2D eigenvalue weighted by atomic mass is 79.9. The number of carbonyl (C=O) groups excluding carboxylic acids is 1. The number of hydrogen-bond donors (Lipinski definition) is 1. The van der Waals surface area contributed by atoms with E-state index in [0.29, 0.717) is 29.5 Å². The summed E-state index contributed by atoms with van der Waals surface area (Å²) < 4.78 is 43.4. The van der Waals surface area contributed by atoms with E-state index in [-0.39, 0.29) is 12.6 Å². The van der Waals surface area contributed by atoms with Crippen molar-refractivity contribution in [3.05, 3.63) is 40.1 Å². The van der Waals surface area contributed by atoms with Crippen LogP contribution < -0.4 is 4.31 Å². The molecule has 1 aliphatic rings. The third-order valence-electron chi connectivity index (χ3n) is 3.72. The van der Waals surface area contributed by atoms with Crippen LogP contribution in [0.5, 0.6) is 0 Å². The van der Waals surface area contributed by atoms with E-state index >= 15 is 0 Å². The molecule has 0 heterocycles. The number of hydrogen-bond acceptors (Lipinski definition) is 4. The minimum Gasteiger partial charge on any atom is -0.468 e. The summed E-state index contributed by atoms with van der Waals surface area (Å²) >= 11 is 3.23. The molecule has 1 unspecified atom stereocenters. The molecule has 0 saturated carbocycles. The lowest BCUT2D eigenvalue weighted by Crippen LogP contribution is -2.37. The van der Waals surface area contributed by atoms with Gasteiger partial charge in [-0.1, -0.05) is 6.08 Å². The lowest BCUT2D eigenvalue weighted by atomic mass is 9.92. The van der Waals surface area contributed by atoms with Crippen molar-refractivity contribution in [1.29, 1.82) is 0 Å². The molecule has 0 N–H and O–H groups in total.